The summed E-state index contributed by atoms with van der Waals surface area (Å²) in [5, 5.41) is 22.4. The normalized spacial score (nSPS) is 14.7. The zero-order valence-electron chi connectivity index (χ0n) is 16.0. The summed E-state index contributed by atoms with van der Waals surface area (Å²) in [5.74, 6) is -0.895. The molecule has 5 nitrogen and oxygen atoms in total. The number of aryl methyl sites for hydroxylation is 3. The van der Waals surface area contributed by atoms with Gasteiger partial charge in [-0.25, -0.2) is 4.79 Å². The maximum atomic E-state index is 11.4. The molecule has 0 saturated carbocycles. The van der Waals surface area contributed by atoms with E-state index in [-0.39, 0.29) is 0 Å². The van der Waals surface area contributed by atoms with Crippen LogP contribution in [0.25, 0.3) is 0 Å². The molecule has 5 heteroatoms. The topological polar surface area (TPSA) is 76.4 Å². The van der Waals surface area contributed by atoms with Crippen molar-refractivity contribution in [1.29, 1.82) is 5.26 Å². The lowest BCUT2D eigenvalue weighted by atomic mass is 9.99. The molecule has 0 aromatic heterocycles. The van der Waals surface area contributed by atoms with Crippen molar-refractivity contribution in [2.75, 3.05) is 23.3 Å². The molecule has 0 unspecified atom stereocenters. The number of carboxylic acids is 1. The Balaban J connectivity index is 1.71. The maximum Gasteiger partial charge on any atom is 0.336 e. The minimum absolute atomic E-state index is 0.291. The highest BCUT2D eigenvalue weighted by Crippen LogP contribution is 2.28. The Morgan fingerprint density at radius 3 is 2.48 bits per heavy atom. The van der Waals surface area contributed by atoms with Crippen LogP contribution in [0.15, 0.2) is 30.3 Å². The molecule has 3 rings (SSSR count). The number of anilines is 2. The minimum atomic E-state index is -0.895. The summed E-state index contributed by atoms with van der Waals surface area (Å²) < 4.78 is 0. The Hall–Kier alpha value is -3.00. The molecular weight excluding hydrogens is 338 g/mol. The van der Waals surface area contributed by atoms with E-state index in [9.17, 15) is 15.2 Å². The zero-order chi connectivity index (χ0) is 19.6. The molecule has 1 aliphatic rings. The van der Waals surface area contributed by atoms with Gasteiger partial charge < -0.3 is 15.3 Å². The van der Waals surface area contributed by atoms with Gasteiger partial charge in [0.2, 0.25) is 0 Å². The van der Waals surface area contributed by atoms with E-state index in [0.29, 0.717) is 11.6 Å². The van der Waals surface area contributed by atoms with E-state index in [1.54, 1.807) is 6.07 Å². The molecule has 0 atom stereocenters. The minimum Gasteiger partial charge on any atom is -0.478 e. The van der Waals surface area contributed by atoms with Crippen LogP contribution in [0.5, 0.6) is 0 Å². The molecule has 2 aromatic carbocycles. The molecular formula is C22H25N3O2. The summed E-state index contributed by atoms with van der Waals surface area (Å²) in [6.07, 6.45) is 1.88. The second-order valence-corrected chi connectivity index (χ2v) is 7.27. The van der Waals surface area contributed by atoms with Gasteiger partial charge in [0.05, 0.1) is 16.8 Å². The third-order valence-electron chi connectivity index (χ3n) is 5.36. The van der Waals surface area contributed by atoms with Gasteiger partial charge in [0, 0.05) is 24.8 Å². The van der Waals surface area contributed by atoms with Gasteiger partial charge in [0.15, 0.2) is 0 Å². The Labute approximate surface area is 160 Å². The number of benzene rings is 2. The number of piperidine rings is 1. The Bertz CT molecular complexity index is 907. The zero-order valence-corrected chi connectivity index (χ0v) is 16.0. The van der Waals surface area contributed by atoms with E-state index in [0.717, 1.165) is 59.6 Å². The van der Waals surface area contributed by atoms with Crippen LogP contribution in [0, 0.1) is 32.1 Å². The highest BCUT2D eigenvalue weighted by atomic mass is 16.4. The van der Waals surface area contributed by atoms with Gasteiger partial charge in [-0.15, -0.1) is 0 Å². The van der Waals surface area contributed by atoms with E-state index >= 15 is 0 Å². The van der Waals surface area contributed by atoms with E-state index in [1.807, 2.05) is 45.0 Å². The largest absolute Gasteiger partial charge is 0.478 e. The molecule has 0 aliphatic carbocycles. The Morgan fingerprint density at radius 1 is 1.15 bits per heavy atom. The first kappa shape index (κ1) is 18.8. The lowest BCUT2D eigenvalue weighted by molar-refractivity contribution is 0.0696. The number of rotatable bonds is 4. The predicted molar refractivity (Wildman–Crippen MR) is 108 cm³/mol. The summed E-state index contributed by atoms with van der Waals surface area (Å²) in [6.45, 7) is 7.53. The third-order valence-corrected chi connectivity index (χ3v) is 5.36. The Morgan fingerprint density at radius 2 is 1.85 bits per heavy atom. The standard InChI is InChI=1S/C22H25N3O2/c1-14-5-4-6-21(19(14)13-23)25-9-7-17(8-10-25)24-20-12-18(22(26)27)15(2)11-16(20)3/h4-6,11-12,17,24H,7-10H2,1-3H3,(H,26,27). The van der Waals surface area contributed by atoms with Crippen LogP contribution < -0.4 is 10.2 Å². The first-order valence-corrected chi connectivity index (χ1v) is 9.26. The van der Waals surface area contributed by atoms with Crippen LogP contribution in [-0.4, -0.2) is 30.2 Å². The lowest BCUT2D eigenvalue weighted by Crippen LogP contribution is -2.39. The van der Waals surface area contributed by atoms with Crippen molar-refractivity contribution in [3.63, 3.8) is 0 Å². The van der Waals surface area contributed by atoms with Crippen molar-refractivity contribution in [3.05, 3.63) is 58.1 Å². The monoisotopic (exact) mass is 363 g/mol. The van der Waals surface area contributed by atoms with Crippen LogP contribution in [0.1, 0.15) is 45.5 Å². The smallest absolute Gasteiger partial charge is 0.336 e. The number of carbonyl (C=O) groups is 1. The lowest BCUT2D eigenvalue weighted by Gasteiger charge is -2.35. The molecule has 0 spiro atoms. The fourth-order valence-corrected chi connectivity index (χ4v) is 3.78. The van der Waals surface area contributed by atoms with Crippen LogP contribution in [-0.2, 0) is 0 Å². The number of aromatic carboxylic acids is 1. The van der Waals surface area contributed by atoms with Crippen molar-refractivity contribution in [2.45, 2.75) is 39.7 Å². The van der Waals surface area contributed by atoms with E-state index in [2.05, 4.69) is 16.3 Å². The number of nitriles is 1. The van der Waals surface area contributed by atoms with Gasteiger partial charge >= 0.3 is 5.97 Å². The third kappa shape index (κ3) is 3.90. The van der Waals surface area contributed by atoms with Gasteiger partial charge in [-0.05, 0) is 62.4 Å². The second-order valence-electron chi connectivity index (χ2n) is 7.27. The van der Waals surface area contributed by atoms with Gasteiger partial charge in [0.1, 0.15) is 6.07 Å². The van der Waals surface area contributed by atoms with Gasteiger partial charge in [0.25, 0.3) is 0 Å². The Kier molecular flexibility index (Phi) is 5.36. The van der Waals surface area contributed by atoms with Gasteiger partial charge in [-0.3, -0.25) is 0 Å². The average molecular weight is 363 g/mol. The molecule has 1 aliphatic heterocycles. The summed E-state index contributed by atoms with van der Waals surface area (Å²) in [7, 11) is 0. The van der Waals surface area contributed by atoms with Crippen LogP contribution in [0.4, 0.5) is 11.4 Å². The highest BCUT2D eigenvalue weighted by Gasteiger charge is 2.22. The fraction of sp³-hybridized carbons (Fsp3) is 0.364. The van der Waals surface area contributed by atoms with Crippen molar-refractivity contribution >= 4 is 17.3 Å². The van der Waals surface area contributed by atoms with Crippen molar-refractivity contribution in [3.8, 4) is 6.07 Å². The van der Waals surface area contributed by atoms with E-state index < -0.39 is 5.97 Å². The van der Waals surface area contributed by atoms with Crippen molar-refractivity contribution in [1.82, 2.24) is 0 Å². The number of hydrogen-bond acceptors (Lipinski definition) is 4. The predicted octanol–water partition coefficient (Wildman–Crippen LogP) is 4.26. The molecule has 1 heterocycles. The maximum absolute atomic E-state index is 11.4. The molecule has 1 saturated heterocycles. The molecule has 0 amide bonds. The summed E-state index contributed by atoms with van der Waals surface area (Å²) in [5.41, 5.74) is 5.85. The van der Waals surface area contributed by atoms with Crippen LogP contribution in [0.3, 0.4) is 0 Å². The van der Waals surface area contributed by atoms with Crippen molar-refractivity contribution in [2.24, 2.45) is 0 Å². The molecule has 27 heavy (non-hydrogen) atoms. The molecule has 2 aromatic rings. The molecule has 0 bridgehead atoms. The van der Waals surface area contributed by atoms with Crippen LogP contribution >= 0.6 is 0 Å². The number of nitrogens with zero attached hydrogens (tertiary/aromatic N) is 2. The first-order valence-electron chi connectivity index (χ1n) is 9.26. The number of nitrogens with one attached hydrogen (secondary N) is 1. The van der Waals surface area contributed by atoms with Gasteiger partial charge in [-0.1, -0.05) is 18.2 Å². The number of hydrogen-bond donors (Lipinski definition) is 2. The van der Waals surface area contributed by atoms with Gasteiger partial charge in [-0.2, -0.15) is 5.26 Å². The summed E-state index contributed by atoms with van der Waals surface area (Å²) in [6, 6.07) is 12.3. The summed E-state index contributed by atoms with van der Waals surface area (Å²) >= 11 is 0. The van der Waals surface area contributed by atoms with E-state index in [4.69, 9.17) is 0 Å². The van der Waals surface area contributed by atoms with Crippen molar-refractivity contribution < 1.29 is 9.90 Å². The molecule has 140 valence electrons. The average Bonchev–Trinajstić information content (AvgIpc) is 2.64. The molecule has 0 radical (unpaired) electrons. The first-order chi connectivity index (χ1) is 12.9. The molecule has 2 N–H and O–H groups in total. The quantitative estimate of drug-likeness (QED) is 0.849. The fourth-order valence-electron chi connectivity index (χ4n) is 3.78. The highest BCUT2D eigenvalue weighted by molar-refractivity contribution is 5.91. The molecule has 1 fully saturated rings. The van der Waals surface area contributed by atoms with E-state index in [1.165, 1.54) is 0 Å². The number of carboxylic acid groups (broad SMARTS) is 1. The van der Waals surface area contributed by atoms with Crippen LogP contribution in [0.2, 0.25) is 0 Å². The summed E-state index contributed by atoms with van der Waals surface area (Å²) in [4.78, 5) is 13.7. The SMILES string of the molecule is Cc1cc(C)c(C(=O)O)cc1NC1CCN(c2cccc(C)c2C#N)CC1. The second kappa shape index (κ2) is 7.71.